The number of carbonyl (C=O) groups is 2. The van der Waals surface area contributed by atoms with Gasteiger partial charge in [0.2, 0.25) is 11.8 Å². The third-order valence-corrected chi connectivity index (χ3v) is 3.25. The molecule has 0 fully saturated rings. The maximum absolute atomic E-state index is 11.9. The highest BCUT2D eigenvalue weighted by atomic mass is 35.5. The van der Waals surface area contributed by atoms with Gasteiger partial charge in [0.05, 0.1) is 6.42 Å². The minimum absolute atomic E-state index is 0.102. The average molecular weight is 310 g/mol. The molecule has 1 rings (SSSR count). The van der Waals surface area contributed by atoms with Gasteiger partial charge in [-0.3, -0.25) is 9.59 Å². The standard InChI is InChI=1S/C15H20ClN3O2/c1-9(2)15(21)19-18-10(3)8-14(20)17-13-7-5-6-12(16)11(13)4/h5-7,9H,8H2,1-4H3,(H,17,20)(H,19,21). The first-order valence-electron chi connectivity index (χ1n) is 6.69. The van der Waals surface area contributed by atoms with Crippen LogP contribution in [0.5, 0.6) is 0 Å². The van der Waals surface area contributed by atoms with Crippen LogP contribution in [-0.4, -0.2) is 17.5 Å². The molecular weight excluding hydrogens is 290 g/mol. The monoisotopic (exact) mass is 309 g/mol. The van der Waals surface area contributed by atoms with Gasteiger partial charge in [-0.1, -0.05) is 31.5 Å². The van der Waals surface area contributed by atoms with E-state index in [1.807, 2.05) is 6.92 Å². The van der Waals surface area contributed by atoms with Gasteiger partial charge in [0.1, 0.15) is 0 Å². The second kappa shape index (κ2) is 7.78. The Labute approximate surface area is 129 Å². The molecule has 0 aliphatic carbocycles. The second-order valence-electron chi connectivity index (χ2n) is 5.12. The molecule has 0 aliphatic heterocycles. The van der Waals surface area contributed by atoms with Crippen LogP contribution in [0.2, 0.25) is 5.02 Å². The predicted octanol–water partition coefficient (Wildman–Crippen LogP) is 3.13. The van der Waals surface area contributed by atoms with Gasteiger partial charge in [-0.15, -0.1) is 0 Å². The maximum Gasteiger partial charge on any atom is 0.242 e. The van der Waals surface area contributed by atoms with E-state index < -0.39 is 0 Å². The fourth-order valence-corrected chi connectivity index (χ4v) is 1.66. The molecule has 0 atom stereocenters. The summed E-state index contributed by atoms with van der Waals surface area (Å²) in [4.78, 5) is 23.3. The van der Waals surface area contributed by atoms with E-state index >= 15 is 0 Å². The normalized spacial score (nSPS) is 11.4. The molecule has 0 spiro atoms. The third kappa shape index (κ3) is 5.55. The Kier molecular flexibility index (Phi) is 6.37. The number of benzene rings is 1. The summed E-state index contributed by atoms with van der Waals surface area (Å²) in [5.41, 5.74) is 4.44. The van der Waals surface area contributed by atoms with Crippen LogP contribution in [-0.2, 0) is 9.59 Å². The van der Waals surface area contributed by atoms with Crippen molar-refractivity contribution < 1.29 is 9.59 Å². The Morgan fingerprint density at radius 2 is 2.00 bits per heavy atom. The fourth-order valence-electron chi connectivity index (χ4n) is 1.49. The lowest BCUT2D eigenvalue weighted by Crippen LogP contribution is -2.25. The number of hydrogen-bond donors (Lipinski definition) is 2. The fraction of sp³-hybridized carbons (Fsp3) is 0.400. The van der Waals surface area contributed by atoms with E-state index in [0.717, 1.165) is 5.56 Å². The topological polar surface area (TPSA) is 70.6 Å². The number of nitrogens with zero attached hydrogens (tertiary/aromatic N) is 1. The molecule has 2 N–H and O–H groups in total. The van der Waals surface area contributed by atoms with Crippen molar-refractivity contribution in [2.75, 3.05) is 5.32 Å². The van der Waals surface area contributed by atoms with Crippen molar-refractivity contribution in [1.82, 2.24) is 5.43 Å². The molecule has 0 unspecified atom stereocenters. The first kappa shape index (κ1) is 17.2. The van der Waals surface area contributed by atoms with Crippen molar-refractivity contribution in [1.29, 1.82) is 0 Å². The minimum atomic E-state index is -0.208. The van der Waals surface area contributed by atoms with Crippen LogP contribution in [0, 0.1) is 12.8 Å². The molecule has 1 aromatic carbocycles. The van der Waals surface area contributed by atoms with Crippen LogP contribution in [0.25, 0.3) is 0 Å². The number of hydrazone groups is 1. The summed E-state index contributed by atoms with van der Waals surface area (Å²) in [5, 5.41) is 7.27. The first-order chi connectivity index (χ1) is 9.81. The summed E-state index contributed by atoms with van der Waals surface area (Å²) < 4.78 is 0. The average Bonchev–Trinajstić information content (AvgIpc) is 2.41. The van der Waals surface area contributed by atoms with Crippen molar-refractivity contribution >= 4 is 34.8 Å². The number of rotatable bonds is 5. The van der Waals surface area contributed by atoms with Crippen LogP contribution in [0.4, 0.5) is 5.69 Å². The lowest BCUT2D eigenvalue weighted by molar-refractivity contribution is -0.124. The highest BCUT2D eigenvalue weighted by Crippen LogP contribution is 2.22. The Morgan fingerprint density at radius 3 is 2.62 bits per heavy atom. The summed E-state index contributed by atoms with van der Waals surface area (Å²) in [5.74, 6) is -0.537. The van der Waals surface area contributed by atoms with E-state index in [9.17, 15) is 9.59 Å². The summed E-state index contributed by atoms with van der Waals surface area (Å²) >= 11 is 5.99. The molecular formula is C15H20ClN3O2. The Morgan fingerprint density at radius 1 is 1.33 bits per heavy atom. The van der Waals surface area contributed by atoms with Crippen LogP contribution in [0.1, 0.15) is 32.8 Å². The van der Waals surface area contributed by atoms with Gasteiger partial charge < -0.3 is 5.32 Å². The van der Waals surface area contributed by atoms with Crippen LogP contribution in [0.15, 0.2) is 23.3 Å². The molecule has 6 heteroatoms. The van der Waals surface area contributed by atoms with Crippen LogP contribution in [0.3, 0.4) is 0 Å². The lowest BCUT2D eigenvalue weighted by Gasteiger charge is -2.09. The zero-order valence-electron chi connectivity index (χ0n) is 12.7. The van der Waals surface area contributed by atoms with Gasteiger partial charge in [-0.25, -0.2) is 5.43 Å². The summed E-state index contributed by atoms with van der Waals surface area (Å²) in [7, 11) is 0. The first-order valence-corrected chi connectivity index (χ1v) is 7.07. The molecule has 0 aromatic heterocycles. The molecule has 5 nitrogen and oxygen atoms in total. The molecule has 0 saturated heterocycles. The van der Waals surface area contributed by atoms with Gasteiger partial charge in [-0.2, -0.15) is 5.10 Å². The maximum atomic E-state index is 11.9. The molecule has 0 bridgehead atoms. The smallest absolute Gasteiger partial charge is 0.242 e. The van der Waals surface area contributed by atoms with Crippen molar-refractivity contribution in [2.24, 2.45) is 11.0 Å². The van der Waals surface area contributed by atoms with Gasteiger partial charge in [0, 0.05) is 22.3 Å². The summed E-state index contributed by atoms with van der Waals surface area (Å²) in [6.45, 7) is 7.07. The molecule has 0 saturated carbocycles. The van der Waals surface area contributed by atoms with Crippen molar-refractivity contribution in [3.05, 3.63) is 28.8 Å². The lowest BCUT2D eigenvalue weighted by atomic mass is 10.2. The van der Waals surface area contributed by atoms with Gasteiger partial charge in [0.15, 0.2) is 0 Å². The number of hydrogen-bond acceptors (Lipinski definition) is 3. The molecule has 114 valence electrons. The van der Waals surface area contributed by atoms with Crippen molar-refractivity contribution in [3.8, 4) is 0 Å². The number of amides is 2. The van der Waals surface area contributed by atoms with E-state index in [2.05, 4.69) is 15.8 Å². The zero-order valence-corrected chi connectivity index (χ0v) is 13.4. The van der Waals surface area contributed by atoms with E-state index in [0.29, 0.717) is 16.4 Å². The van der Waals surface area contributed by atoms with Crippen molar-refractivity contribution in [3.63, 3.8) is 0 Å². The van der Waals surface area contributed by atoms with Crippen LogP contribution < -0.4 is 10.7 Å². The van der Waals surface area contributed by atoms with Crippen molar-refractivity contribution in [2.45, 2.75) is 34.1 Å². The Hall–Kier alpha value is -1.88. The van der Waals surface area contributed by atoms with Gasteiger partial charge in [0.25, 0.3) is 0 Å². The van der Waals surface area contributed by atoms with E-state index in [1.54, 1.807) is 39.0 Å². The number of carbonyl (C=O) groups excluding carboxylic acids is 2. The van der Waals surface area contributed by atoms with E-state index in [-0.39, 0.29) is 24.2 Å². The molecule has 2 amide bonds. The highest BCUT2D eigenvalue weighted by molar-refractivity contribution is 6.31. The van der Waals surface area contributed by atoms with Gasteiger partial charge >= 0.3 is 0 Å². The largest absolute Gasteiger partial charge is 0.325 e. The third-order valence-electron chi connectivity index (χ3n) is 2.84. The Balaban J connectivity index is 2.59. The number of nitrogens with one attached hydrogen (secondary N) is 2. The predicted molar refractivity (Wildman–Crippen MR) is 85.5 cm³/mol. The summed E-state index contributed by atoms with van der Waals surface area (Å²) in [6, 6.07) is 5.32. The number of halogens is 1. The van der Waals surface area contributed by atoms with Crippen LogP contribution >= 0.6 is 11.6 Å². The minimum Gasteiger partial charge on any atom is -0.325 e. The summed E-state index contributed by atoms with van der Waals surface area (Å²) in [6.07, 6.45) is 0.102. The highest BCUT2D eigenvalue weighted by Gasteiger charge is 2.09. The van der Waals surface area contributed by atoms with Gasteiger partial charge in [-0.05, 0) is 31.5 Å². The molecule has 0 radical (unpaired) electrons. The second-order valence-corrected chi connectivity index (χ2v) is 5.52. The zero-order chi connectivity index (χ0) is 16.0. The molecule has 21 heavy (non-hydrogen) atoms. The number of anilines is 1. The molecule has 1 aromatic rings. The quantitative estimate of drug-likeness (QED) is 0.648. The molecule has 0 heterocycles. The Bertz CT molecular complexity index is 568. The molecule has 0 aliphatic rings. The van der Waals surface area contributed by atoms with E-state index in [4.69, 9.17) is 11.6 Å². The SMILES string of the molecule is CC(CC(=O)Nc1cccc(Cl)c1C)=NNC(=O)C(C)C. The van der Waals surface area contributed by atoms with E-state index in [1.165, 1.54) is 0 Å².